The minimum atomic E-state index is -0.911. The Morgan fingerprint density at radius 3 is 2.60 bits per heavy atom. The average molecular weight is 204 g/mol. The van der Waals surface area contributed by atoms with Crippen molar-refractivity contribution in [2.24, 2.45) is 4.99 Å². The van der Waals surface area contributed by atoms with Gasteiger partial charge in [-0.25, -0.2) is 4.79 Å². The predicted molar refractivity (Wildman–Crippen MR) is 41.6 cm³/mol. The van der Waals surface area contributed by atoms with Crippen LogP contribution in [0.4, 0.5) is 0 Å². The molecule has 0 unspecified atom stereocenters. The van der Waals surface area contributed by atoms with Gasteiger partial charge in [-0.1, -0.05) is 15.9 Å². The van der Waals surface area contributed by atoms with Crippen molar-refractivity contribution < 1.29 is 9.90 Å². The Morgan fingerprint density at radius 2 is 2.40 bits per heavy atom. The van der Waals surface area contributed by atoms with Gasteiger partial charge in [0, 0.05) is 10.2 Å². The fourth-order valence-corrected chi connectivity index (χ4v) is 1.40. The lowest BCUT2D eigenvalue weighted by Gasteiger charge is -1.93. The van der Waals surface area contributed by atoms with Crippen molar-refractivity contribution in [2.75, 3.05) is 6.54 Å². The molecule has 1 aliphatic rings. The molecule has 0 radical (unpaired) electrons. The Morgan fingerprint density at radius 1 is 1.80 bits per heavy atom. The van der Waals surface area contributed by atoms with Crippen LogP contribution in [0.15, 0.2) is 15.0 Å². The Labute approximate surface area is 66.6 Å². The number of hydrogen-bond donors (Lipinski definition) is 1. The van der Waals surface area contributed by atoms with E-state index in [0.717, 1.165) is 0 Å². The Bertz CT molecular complexity index is 242. The highest BCUT2D eigenvalue weighted by Crippen LogP contribution is 2.20. The normalized spacial score (nSPS) is 17.6. The monoisotopic (exact) mass is 203 g/mol. The smallest absolute Gasteiger partial charge is 0.338 e. The number of aliphatic imine (C=N–C) groups is 1. The van der Waals surface area contributed by atoms with E-state index in [0.29, 0.717) is 22.3 Å². The zero-order valence-corrected chi connectivity index (χ0v) is 6.97. The van der Waals surface area contributed by atoms with Gasteiger partial charge in [0.25, 0.3) is 0 Å². The van der Waals surface area contributed by atoms with Crippen molar-refractivity contribution in [3.05, 3.63) is 10.1 Å². The summed E-state index contributed by atoms with van der Waals surface area (Å²) in [6.45, 7) is 2.16. The van der Waals surface area contributed by atoms with Crippen LogP contribution >= 0.6 is 15.9 Å². The zero-order chi connectivity index (χ0) is 7.72. The summed E-state index contributed by atoms with van der Waals surface area (Å²) in [4.78, 5) is 14.4. The molecule has 0 bridgehead atoms. The number of rotatable bonds is 1. The largest absolute Gasteiger partial charge is 0.478 e. The summed E-state index contributed by atoms with van der Waals surface area (Å²) in [5.74, 6) is -0.911. The molecule has 4 heteroatoms. The molecule has 0 aromatic carbocycles. The standard InChI is InChI=1S/C6H6BrNO2/c1-3-5(6(9)10)4(7)2-8-3/h2H2,1H3,(H,9,10). The van der Waals surface area contributed by atoms with Crippen LogP contribution in [-0.2, 0) is 4.79 Å². The second-order valence-corrected chi connectivity index (χ2v) is 2.94. The number of carbonyl (C=O) groups is 1. The summed E-state index contributed by atoms with van der Waals surface area (Å²) in [5, 5.41) is 8.59. The number of aliphatic carboxylic acids is 1. The van der Waals surface area contributed by atoms with E-state index in [1.165, 1.54) is 0 Å². The summed E-state index contributed by atoms with van der Waals surface area (Å²) in [5.41, 5.74) is 0.902. The van der Waals surface area contributed by atoms with Crippen molar-refractivity contribution in [1.29, 1.82) is 0 Å². The molecule has 1 heterocycles. The summed E-state index contributed by atoms with van der Waals surface area (Å²) >= 11 is 3.13. The van der Waals surface area contributed by atoms with E-state index in [1.807, 2.05) is 0 Å². The summed E-state index contributed by atoms with van der Waals surface area (Å²) in [6, 6.07) is 0. The van der Waals surface area contributed by atoms with E-state index in [9.17, 15) is 4.79 Å². The molecule has 1 N–H and O–H groups in total. The molecule has 0 fully saturated rings. The maximum atomic E-state index is 10.5. The van der Waals surface area contributed by atoms with Crippen LogP contribution in [0, 0.1) is 0 Å². The quantitative estimate of drug-likeness (QED) is 0.697. The van der Waals surface area contributed by atoms with Crippen LogP contribution in [0.2, 0.25) is 0 Å². The minimum absolute atomic E-state index is 0.306. The fraction of sp³-hybridized carbons (Fsp3) is 0.333. The van der Waals surface area contributed by atoms with Crippen LogP contribution in [0.25, 0.3) is 0 Å². The first-order valence-corrected chi connectivity index (χ1v) is 3.55. The highest BCUT2D eigenvalue weighted by molar-refractivity contribution is 9.11. The summed E-state index contributed by atoms with van der Waals surface area (Å²) < 4.78 is 0.664. The molecule has 0 spiro atoms. The van der Waals surface area contributed by atoms with Gasteiger partial charge in [0.2, 0.25) is 0 Å². The third-order valence-electron chi connectivity index (χ3n) is 1.30. The highest BCUT2D eigenvalue weighted by atomic mass is 79.9. The zero-order valence-electron chi connectivity index (χ0n) is 5.39. The maximum Gasteiger partial charge on any atom is 0.338 e. The predicted octanol–water partition coefficient (Wildman–Crippen LogP) is 1.19. The van der Waals surface area contributed by atoms with Gasteiger partial charge in [-0.05, 0) is 6.92 Å². The molecule has 1 aliphatic heterocycles. The van der Waals surface area contributed by atoms with E-state index in [1.54, 1.807) is 6.92 Å². The van der Waals surface area contributed by atoms with Gasteiger partial charge in [-0.3, -0.25) is 4.99 Å². The molecule has 0 atom stereocenters. The van der Waals surface area contributed by atoms with Crippen molar-refractivity contribution in [3.63, 3.8) is 0 Å². The molecule has 0 amide bonds. The van der Waals surface area contributed by atoms with Crippen LogP contribution in [-0.4, -0.2) is 23.3 Å². The molecular weight excluding hydrogens is 198 g/mol. The number of halogens is 1. The summed E-state index contributed by atoms with van der Waals surface area (Å²) in [6.07, 6.45) is 0. The third kappa shape index (κ3) is 1.11. The molecule has 54 valence electrons. The summed E-state index contributed by atoms with van der Waals surface area (Å²) in [7, 11) is 0. The van der Waals surface area contributed by atoms with Crippen molar-refractivity contribution >= 4 is 27.6 Å². The van der Waals surface area contributed by atoms with Gasteiger partial charge in [-0.2, -0.15) is 0 Å². The number of hydrogen-bond acceptors (Lipinski definition) is 2. The van der Waals surface area contributed by atoms with Gasteiger partial charge in [-0.15, -0.1) is 0 Å². The van der Waals surface area contributed by atoms with Crippen molar-refractivity contribution in [1.82, 2.24) is 0 Å². The Balaban J connectivity index is 3.01. The second kappa shape index (κ2) is 2.54. The highest BCUT2D eigenvalue weighted by Gasteiger charge is 2.19. The van der Waals surface area contributed by atoms with Crippen molar-refractivity contribution in [2.45, 2.75) is 6.92 Å². The van der Waals surface area contributed by atoms with Gasteiger partial charge in [0.1, 0.15) is 0 Å². The lowest BCUT2D eigenvalue weighted by molar-refractivity contribution is -0.132. The molecule has 0 saturated heterocycles. The van der Waals surface area contributed by atoms with Crippen LogP contribution in [0.3, 0.4) is 0 Å². The first-order valence-electron chi connectivity index (χ1n) is 2.76. The molecule has 0 aromatic heterocycles. The maximum absolute atomic E-state index is 10.5. The van der Waals surface area contributed by atoms with Crippen LogP contribution in [0.1, 0.15) is 6.92 Å². The first-order chi connectivity index (χ1) is 4.63. The minimum Gasteiger partial charge on any atom is -0.478 e. The second-order valence-electron chi connectivity index (χ2n) is 1.99. The number of carboxylic acid groups (broad SMARTS) is 1. The first kappa shape index (κ1) is 7.47. The Kier molecular flexibility index (Phi) is 1.89. The van der Waals surface area contributed by atoms with E-state index < -0.39 is 5.97 Å². The topological polar surface area (TPSA) is 49.7 Å². The lowest BCUT2D eigenvalue weighted by Crippen LogP contribution is -2.06. The number of carboxylic acids is 1. The van der Waals surface area contributed by atoms with Gasteiger partial charge >= 0.3 is 5.97 Å². The van der Waals surface area contributed by atoms with Gasteiger partial charge in [0.15, 0.2) is 0 Å². The van der Waals surface area contributed by atoms with Gasteiger partial charge < -0.3 is 5.11 Å². The third-order valence-corrected chi connectivity index (χ3v) is 1.95. The van der Waals surface area contributed by atoms with E-state index in [4.69, 9.17) is 5.11 Å². The van der Waals surface area contributed by atoms with E-state index in [-0.39, 0.29) is 0 Å². The van der Waals surface area contributed by atoms with E-state index >= 15 is 0 Å². The fourth-order valence-electron chi connectivity index (χ4n) is 0.813. The SMILES string of the molecule is CC1=NCC(Br)=C1C(=O)O. The molecule has 0 saturated carbocycles. The lowest BCUT2D eigenvalue weighted by atomic mass is 10.2. The van der Waals surface area contributed by atoms with Crippen LogP contribution in [0.5, 0.6) is 0 Å². The van der Waals surface area contributed by atoms with Crippen molar-refractivity contribution in [3.8, 4) is 0 Å². The number of nitrogens with zero attached hydrogens (tertiary/aromatic N) is 1. The van der Waals surface area contributed by atoms with Gasteiger partial charge in [0.05, 0.1) is 12.1 Å². The molecule has 10 heavy (non-hydrogen) atoms. The average Bonchev–Trinajstić information content (AvgIpc) is 2.11. The van der Waals surface area contributed by atoms with Crippen LogP contribution < -0.4 is 0 Å². The molecule has 0 aliphatic carbocycles. The Hall–Kier alpha value is -0.640. The molecular formula is C6H6BrNO2. The molecule has 1 rings (SSSR count). The van der Waals surface area contributed by atoms with E-state index in [2.05, 4.69) is 20.9 Å². The molecule has 0 aromatic rings. The molecule has 3 nitrogen and oxygen atoms in total.